The van der Waals surface area contributed by atoms with Gasteiger partial charge < -0.3 is 24.3 Å². The highest BCUT2D eigenvalue weighted by Crippen LogP contribution is 2.28. The molecule has 6 heteroatoms. The van der Waals surface area contributed by atoms with Crippen LogP contribution in [0.1, 0.15) is 10.4 Å². The van der Waals surface area contributed by atoms with Crippen LogP contribution in [0.4, 0.5) is 0 Å². The number of ether oxygens (including phenoxy) is 4. The number of benzene rings is 1. The van der Waals surface area contributed by atoms with Crippen molar-refractivity contribution < 1.29 is 23.7 Å². The highest BCUT2D eigenvalue weighted by molar-refractivity contribution is 5.94. The lowest BCUT2D eigenvalue weighted by Crippen LogP contribution is -2.44. The summed E-state index contributed by atoms with van der Waals surface area (Å²) < 4.78 is 21.8. The molecule has 114 valence electrons. The molecule has 0 saturated carbocycles. The van der Waals surface area contributed by atoms with Crippen molar-refractivity contribution in [3.63, 3.8) is 0 Å². The number of hydrogen-bond donors (Lipinski definition) is 1. The van der Waals surface area contributed by atoms with E-state index in [1.807, 2.05) is 0 Å². The largest absolute Gasteiger partial charge is 0.497 e. The van der Waals surface area contributed by atoms with Gasteiger partial charge in [-0.25, -0.2) is 0 Å². The molecule has 0 bridgehead atoms. The van der Waals surface area contributed by atoms with Gasteiger partial charge in [0.2, 0.25) is 0 Å². The second-order valence-corrected chi connectivity index (χ2v) is 5.18. The standard InChI is InChI=1S/C15H19NO5/c1-18-10-5-3-9(4-6-10)15(17)16-11-7-20-14-12(19-2)8-21-13(11)14/h3-6,11-14H,7-8H2,1-2H3,(H,16,17)/t11-,12+,13+,14+/m0/s1. The van der Waals surface area contributed by atoms with E-state index in [1.165, 1.54) is 0 Å². The van der Waals surface area contributed by atoms with E-state index in [4.69, 9.17) is 18.9 Å². The maximum atomic E-state index is 12.2. The lowest BCUT2D eigenvalue weighted by molar-refractivity contribution is -0.00817. The zero-order valence-corrected chi connectivity index (χ0v) is 12.1. The molecule has 0 radical (unpaired) electrons. The fraction of sp³-hybridized carbons (Fsp3) is 0.533. The summed E-state index contributed by atoms with van der Waals surface area (Å²) in [6.45, 7) is 0.942. The lowest BCUT2D eigenvalue weighted by atomic mass is 10.1. The number of amides is 1. The summed E-state index contributed by atoms with van der Waals surface area (Å²) in [6, 6.07) is 6.83. The lowest BCUT2D eigenvalue weighted by Gasteiger charge is -2.17. The first-order chi connectivity index (χ1) is 10.2. The van der Waals surface area contributed by atoms with Gasteiger partial charge in [-0.15, -0.1) is 0 Å². The maximum Gasteiger partial charge on any atom is 0.251 e. The van der Waals surface area contributed by atoms with Crippen LogP contribution in [0.5, 0.6) is 5.75 Å². The molecule has 0 aliphatic carbocycles. The molecule has 0 aromatic heterocycles. The Morgan fingerprint density at radius 1 is 1.14 bits per heavy atom. The Kier molecular flexibility index (Phi) is 4.10. The maximum absolute atomic E-state index is 12.2. The minimum absolute atomic E-state index is 0.0575. The smallest absolute Gasteiger partial charge is 0.251 e. The van der Waals surface area contributed by atoms with Crippen LogP contribution >= 0.6 is 0 Å². The minimum atomic E-state index is -0.148. The SMILES string of the molecule is COc1ccc(C(=O)N[C@H]2CO[C@H]3[C@@H]2OC[C@H]3OC)cc1. The van der Waals surface area contributed by atoms with Crippen molar-refractivity contribution in [2.45, 2.75) is 24.4 Å². The third-order valence-corrected chi connectivity index (χ3v) is 3.98. The molecule has 3 rings (SSSR count). The molecular weight excluding hydrogens is 274 g/mol. The molecule has 1 aromatic carbocycles. The van der Waals surface area contributed by atoms with Crippen molar-refractivity contribution in [1.29, 1.82) is 0 Å². The Bertz CT molecular complexity index is 503. The number of hydrogen-bond acceptors (Lipinski definition) is 5. The van der Waals surface area contributed by atoms with Gasteiger partial charge in [0.05, 0.1) is 26.4 Å². The van der Waals surface area contributed by atoms with Gasteiger partial charge in [0, 0.05) is 12.7 Å². The fourth-order valence-corrected chi connectivity index (χ4v) is 2.78. The topological polar surface area (TPSA) is 66.0 Å². The van der Waals surface area contributed by atoms with E-state index < -0.39 is 0 Å². The van der Waals surface area contributed by atoms with Crippen LogP contribution in [0, 0.1) is 0 Å². The van der Waals surface area contributed by atoms with Crippen molar-refractivity contribution in [2.75, 3.05) is 27.4 Å². The number of fused-ring (bicyclic) bond motifs is 1. The molecule has 4 atom stereocenters. The highest BCUT2D eigenvalue weighted by Gasteiger charge is 2.48. The summed E-state index contributed by atoms with van der Waals surface area (Å²) in [6.07, 6.45) is -0.300. The zero-order valence-electron chi connectivity index (χ0n) is 12.1. The second-order valence-electron chi connectivity index (χ2n) is 5.18. The van der Waals surface area contributed by atoms with Crippen LogP contribution in [0.3, 0.4) is 0 Å². The molecule has 1 amide bonds. The summed E-state index contributed by atoms with van der Waals surface area (Å²) in [5, 5.41) is 2.96. The number of nitrogens with one attached hydrogen (secondary N) is 1. The van der Waals surface area contributed by atoms with Crippen molar-refractivity contribution in [3.8, 4) is 5.75 Å². The van der Waals surface area contributed by atoms with E-state index in [-0.39, 0.29) is 30.3 Å². The fourth-order valence-electron chi connectivity index (χ4n) is 2.78. The Balaban J connectivity index is 1.62. The molecule has 0 spiro atoms. The third-order valence-electron chi connectivity index (χ3n) is 3.98. The molecule has 1 aromatic rings. The van der Waals surface area contributed by atoms with Crippen LogP contribution in [0.2, 0.25) is 0 Å². The Morgan fingerprint density at radius 2 is 1.86 bits per heavy atom. The quantitative estimate of drug-likeness (QED) is 0.881. The van der Waals surface area contributed by atoms with Crippen LogP contribution in [-0.4, -0.2) is 57.7 Å². The van der Waals surface area contributed by atoms with Crippen molar-refractivity contribution >= 4 is 5.91 Å². The zero-order chi connectivity index (χ0) is 14.8. The molecule has 2 saturated heterocycles. The van der Waals surface area contributed by atoms with Gasteiger partial charge in [0.1, 0.15) is 24.1 Å². The average Bonchev–Trinajstić information content (AvgIpc) is 3.10. The van der Waals surface area contributed by atoms with Crippen molar-refractivity contribution in [2.24, 2.45) is 0 Å². The Labute approximate surface area is 123 Å². The van der Waals surface area contributed by atoms with E-state index >= 15 is 0 Å². The number of carbonyl (C=O) groups excluding carboxylic acids is 1. The molecule has 21 heavy (non-hydrogen) atoms. The van der Waals surface area contributed by atoms with Gasteiger partial charge in [-0.2, -0.15) is 0 Å². The van der Waals surface area contributed by atoms with E-state index in [0.29, 0.717) is 18.8 Å². The molecule has 2 fully saturated rings. The van der Waals surface area contributed by atoms with Crippen LogP contribution in [0.15, 0.2) is 24.3 Å². The molecule has 2 heterocycles. The first-order valence-corrected chi connectivity index (χ1v) is 6.94. The number of methoxy groups -OCH3 is 2. The van der Waals surface area contributed by atoms with E-state index in [2.05, 4.69) is 5.32 Å². The Hall–Kier alpha value is -1.63. The van der Waals surface area contributed by atoms with Crippen LogP contribution < -0.4 is 10.1 Å². The summed E-state index contributed by atoms with van der Waals surface area (Å²) in [5.74, 6) is 0.578. The third kappa shape index (κ3) is 2.74. The van der Waals surface area contributed by atoms with Gasteiger partial charge >= 0.3 is 0 Å². The highest BCUT2D eigenvalue weighted by atomic mass is 16.6. The first kappa shape index (κ1) is 14.3. The number of carbonyl (C=O) groups is 1. The summed E-state index contributed by atoms with van der Waals surface area (Å²) in [7, 11) is 3.23. The molecule has 1 N–H and O–H groups in total. The predicted octanol–water partition coefficient (Wildman–Crippen LogP) is 0.606. The van der Waals surface area contributed by atoms with E-state index in [9.17, 15) is 4.79 Å². The van der Waals surface area contributed by atoms with E-state index in [0.717, 1.165) is 5.75 Å². The van der Waals surface area contributed by atoms with Gasteiger partial charge in [-0.1, -0.05) is 0 Å². The summed E-state index contributed by atoms with van der Waals surface area (Å²) in [5.41, 5.74) is 0.584. The minimum Gasteiger partial charge on any atom is -0.497 e. The molecular formula is C15H19NO5. The van der Waals surface area contributed by atoms with Crippen LogP contribution in [0.25, 0.3) is 0 Å². The van der Waals surface area contributed by atoms with Crippen LogP contribution in [-0.2, 0) is 14.2 Å². The average molecular weight is 293 g/mol. The van der Waals surface area contributed by atoms with Gasteiger partial charge in [-0.3, -0.25) is 4.79 Å². The normalized spacial score (nSPS) is 31.0. The van der Waals surface area contributed by atoms with Crippen molar-refractivity contribution in [1.82, 2.24) is 5.32 Å². The number of rotatable bonds is 4. The molecule has 2 aliphatic rings. The summed E-state index contributed by atoms with van der Waals surface area (Å²) >= 11 is 0. The van der Waals surface area contributed by atoms with Gasteiger partial charge in [-0.05, 0) is 24.3 Å². The predicted molar refractivity (Wildman–Crippen MR) is 74.5 cm³/mol. The van der Waals surface area contributed by atoms with E-state index in [1.54, 1.807) is 38.5 Å². The summed E-state index contributed by atoms with van der Waals surface area (Å²) in [4.78, 5) is 12.2. The van der Waals surface area contributed by atoms with Gasteiger partial charge in [0.25, 0.3) is 5.91 Å². The van der Waals surface area contributed by atoms with Gasteiger partial charge in [0.15, 0.2) is 0 Å². The Morgan fingerprint density at radius 3 is 2.52 bits per heavy atom. The molecule has 2 aliphatic heterocycles. The second kappa shape index (κ2) is 6.01. The van der Waals surface area contributed by atoms with Crippen molar-refractivity contribution in [3.05, 3.63) is 29.8 Å². The first-order valence-electron chi connectivity index (χ1n) is 6.94. The molecule has 6 nitrogen and oxygen atoms in total. The monoisotopic (exact) mass is 293 g/mol. The molecule has 0 unspecified atom stereocenters.